The molecule has 4 heteroatoms. The van der Waals surface area contributed by atoms with Crippen molar-refractivity contribution in [3.05, 3.63) is 36.0 Å². The quantitative estimate of drug-likeness (QED) is 0.620. The molecule has 2 aliphatic rings. The molecule has 2 saturated carbocycles. The van der Waals surface area contributed by atoms with E-state index in [0.717, 1.165) is 30.9 Å². The maximum Gasteiger partial charge on any atom is 2.00 e. The molecule has 0 saturated heterocycles. The predicted octanol–water partition coefficient (Wildman–Crippen LogP) is 4.46. The number of H-pyrrole nitrogens is 1. The van der Waals surface area contributed by atoms with Crippen LogP contribution < -0.4 is 5.56 Å². The number of aryl methyl sites for hydroxylation is 1. The van der Waals surface area contributed by atoms with Gasteiger partial charge in [-0.05, 0) is 25.7 Å². The number of hydrogen-bond donors (Lipinski definition) is 1. The van der Waals surface area contributed by atoms with Crippen LogP contribution in [0.15, 0.2) is 10.9 Å². The van der Waals surface area contributed by atoms with Gasteiger partial charge in [-0.2, -0.15) is 12.8 Å². The van der Waals surface area contributed by atoms with E-state index in [1.54, 1.807) is 0 Å². The Hall–Kier alpha value is -0.471. The molecule has 1 aromatic rings. The number of aromatic nitrogens is 2. The SMILES string of the molecule is O=c1cc(CCCC2C[CH-]CC2)[nH]n1C1CCCCC1.[CH3-].[Fe+2]. The van der Waals surface area contributed by atoms with Crippen LogP contribution in [0.2, 0.25) is 0 Å². The molecule has 0 aliphatic heterocycles. The molecule has 1 N–H and O–H groups in total. The number of hydrogen-bond acceptors (Lipinski definition) is 1. The van der Waals surface area contributed by atoms with Gasteiger partial charge in [-0.1, -0.05) is 38.0 Å². The topological polar surface area (TPSA) is 37.8 Å². The molecule has 0 amide bonds. The van der Waals surface area contributed by atoms with Crippen molar-refractivity contribution in [2.24, 2.45) is 5.92 Å². The number of nitrogens with zero attached hydrogens (tertiary/aromatic N) is 1. The van der Waals surface area contributed by atoms with Crippen LogP contribution in [0.1, 0.15) is 75.9 Å². The molecule has 0 radical (unpaired) electrons. The average molecular weight is 346 g/mol. The van der Waals surface area contributed by atoms with Gasteiger partial charge >= 0.3 is 17.1 Å². The van der Waals surface area contributed by atoms with Crippen LogP contribution in [-0.2, 0) is 23.5 Å². The molecule has 2 aliphatic carbocycles. The first-order valence-electron chi connectivity index (χ1n) is 8.45. The molecule has 126 valence electrons. The molecular weight excluding hydrogens is 316 g/mol. The van der Waals surface area contributed by atoms with Gasteiger partial charge in [0.2, 0.25) is 0 Å². The molecule has 22 heavy (non-hydrogen) atoms. The van der Waals surface area contributed by atoms with Gasteiger partial charge in [-0.3, -0.25) is 9.89 Å². The number of nitrogens with one attached hydrogen (secondary N) is 1. The van der Waals surface area contributed by atoms with Crippen molar-refractivity contribution >= 4 is 0 Å². The fourth-order valence-corrected chi connectivity index (χ4v) is 3.87. The summed E-state index contributed by atoms with van der Waals surface area (Å²) in [7, 11) is 0. The molecule has 3 rings (SSSR count). The van der Waals surface area contributed by atoms with E-state index >= 15 is 0 Å². The maximum absolute atomic E-state index is 12.1. The van der Waals surface area contributed by atoms with E-state index in [-0.39, 0.29) is 30.1 Å². The zero-order valence-corrected chi connectivity index (χ0v) is 14.9. The molecule has 1 unspecified atom stereocenters. The monoisotopic (exact) mass is 346 g/mol. The minimum Gasteiger partial charge on any atom is -0.358 e. The van der Waals surface area contributed by atoms with Crippen LogP contribution in [0.4, 0.5) is 0 Å². The fourth-order valence-electron chi connectivity index (χ4n) is 3.87. The average Bonchev–Trinajstić information content (AvgIpc) is 3.10. The first-order chi connectivity index (χ1) is 9.83. The zero-order valence-electron chi connectivity index (χ0n) is 13.8. The summed E-state index contributed by atoms with van der Waals surface area (Å²) in [5, 5.41) is 3.37. The molecule has 0 spiro atoms. The van der Waals surface area contributed by atoms with Gasteiger partial charge in [0, 0.05) is 11.8 Å². The van der Waals surface area contributed by atoms with E-state index in [1.165, 1.54) is 51.4 Å². The third kappa shape index (κ3) is 5.02. The Morgan fingerprint density at radius 3 is 2.68 bits per heavy atom. The first kappa shape index (κ1) is 19.6. The van der Waals surface area contributed by atoms with E-state index in [1.807, 2.05) is 10.7 Å². The minimum absolute atomic E-state index is 0. The van der Waals surface area contributed by atoms with Gasteiger partial charge in [-0.15, -0.1) is 0 Å². The second kappa shape index (κ2) is 9.62. The van der Waals surface area contributed by atoms with Gasteiger partial charge in [0.15, 0.2) is 0 Å². The standard InChI is InChI=1S/C17H27N2O.CH3.Fe/c20-17-13-15(10-6-9-14-7-4-5-8-14)18-19(17)16-11-2-1-3-12-16;;/h4,13-14,16,18H,1-3,5-12H2;1H3;/q2*-1;+2. The van der Waals surface area contributed by atoms with Crippen molar-refractivity contribution in [1.29, 1.82) is 0 Å². The predicted molar refractivity (Wildman–Crippen MR) is 88.2 cm³/mol. The molecule has 1 atom stereocenters. The van der Waals surface area contributed by atoms with E-state index in [0.29, 0.717) is 6.04 Å². The molecule has 1 aromatic heterocycles. The normalized spacial score (nSPS) is 22.1. The van der Waals surface area contributed by atoms with Crippen LogP contribution in [0.5, 0.6) is 0 Å². The van der Waals surface area contributed by atoms with Crippen molar-refractivity contribution in [3.63, 3.8) is 0 Å². The molecule has 2 fully saturated rings. The Kier molecular flexibility index (Phi) is 8.56. The van der Waals surface area contributed by atoms with Crippen molar-refractivity contribution in [3.8, 4) is 0 Å². The van der Waals surface area contributed by atoms with E-state index < -0.39 is 0 Å². The van der Waals surface area contributed by atoms with Gasteiger partial charge in [0.25, 0.3) is 5.56 Å². The zero-order chi connectivity index (χ0) is 13.8. The molecule has 1 heterocycles. The van der Waals surface area contributed by atoms with Crippen LogP contribution >= 0.6 is 0 Å². The van der Waals surface area contributed by atoms with Crippen molar-refractivity contribution < 1.29 is 17.1 Å². The van der Waals surface area contributed by atoms with E-state index in [4.69, 9.17) is 0 Å². The van der Waals surface area contributed by atoms with Crippen LogP contribution in [0, 0.1) is 19.8 Å². The van der Waals surface area contributed by atoms with Crippen molar-refractivity contribution in [1.82, 2.24) is 9.78 Å². The van der Waals surface area contributed by atoms with Gasteiger partial charge in [0.05, 0.1) is 6.04 Å². The van der Waals surface area contributed by atoms with Gasteiger partial charge < -0.3 is 13.8 Å². The largest absolute Gasteiger partial charge is 2.00 e. The molecule has 0 bridgehead atoms. The Morgan fingerprint density at radius 2 is 2.00 bits per heavy atom. The summed E-state index contributed by atoms with van der Waals surface area (Å²) < 4.78 is 1.90. The smallest absolute Gasteiger partial charge is 0.358 e. The molecule has 0 aromatic carbocycles. The Balaban J connectivity index is 0.00000121. The van der Waals surface area contributed by atoms with Crippen LogP contribution in [0.3, 0.4) is 0 Å². The first-order valence-corrected chi connectivity index (χ1v) is 8.45. The van der Waals surface area contributed by atoms with Gasteiger partial charge in [-0.25, -0.2) is 4.68 Å². The Bertz CT molecular complexity index is 468. The maximum atomic E-state index is 12.1. The van der Waals surface area contributed by atoms with Crippen LogP contribution in [0.25, 0.3) is 0 Å². The summed E-state index contributed by atoms with van der Waals surface area (Å²) in [6, 6.07) is 2.25. The summed E-state index contributed by atoms with van der Waals surface area (Å²) in [6.45, 7) is 0. The summed E-state index contributed by atoms with van der Waals surface area (Å²) >= 11 is 0. The third-order valence-corrected chi connectivity index (χ3v) is 5.08. The second-order valence-corrected chi connectivity index (χ2v) is 6.64. The summed E-state index contributed by atoms with van der Waals surface area (Å²) in [4.78, 5) is 12.1. The molecular formula is C18H30FeN2O. The Morgan fingerprint density at radius 1 is 1.23 bits per heavy atom. The van der Waals surface area contributed by atoms with Crippen LogP contribution in [-0.4, -0.2) is 9.78 Å². The summed E-state index contributed by atoms with van der Waals surface area (Å²) in [5.74, 6) is 0.905. The summed E-state index contributed by atoms with van der Waals surface area (Å²) in [5.41, 5.74) is 1.32. The third-order valence-electron chi connectivity index (χ3n) is 5.08. The second-order valence-electron chi connectivity index (χ2n) is 6.64. The minimum atomic E-state index is 0. The fraction of sp³-hybridized carbons (Fsp3) is 0.722. The number of aromatic amines is 1. The van der Waals surface area contributed by atoms with E-state index in [9.17, 15) is 4.79 Å². The van der Waals surface area contributed by atoms with Crippen molar-refractivity contribution in [2.75, 3.05) is 0 Å². The van der Waals surface area contributed by atoms with E-state index in [2.05, 4.69) is 11.5 Å². The van der Waals surface area contributed by atoms with Crippen molar-refractivity contribution in [2.45, 2.75) is 76.7 Å². The number of rotatable bonds is 5. The Labute approximate surface area is 145 Å². The summed E-state index contributed by atoms with van der Waals surface area (Å²) in [6.07, 6.45) is 16.2. The molecule has 3 nitrogen and oxygen atoms in total. The van der Waals surface area contributed by atoms with Gasteiger partial charge in [0.1, 0.15) is 0 Å².